The third-order valence-electron chi connectivity index (χ3n) is 12.4. The Morgan fingerprint density at radius 1 is 0.304 bits per heavy atom. The van der Waals surface area contributed by atoms with Crippen LogP contribution in [0.2, 0.25) is 0 Å². The summed E-state index contributed by atoms with van der Waals surface area (Å²) in [5.74, 6) is -0.910. The molecule has 0 amide bonds. The molecule has 69 heavy (non-hydrogen) atoms. The fraction of sp³-hybridized carbons (Fsp3) is 0.730. The van der Waals surface area contributed by atoms with Crippen molar-refractivity contribution < 1.29 is 28.6 Å². The van der Waals surface area contributed by atoms with Gasteiger partial charge in [0.25, 0.3) is 0 Å². The second-order valence-electron chi connectivity index (χ2n) is 19.2. The highest BCUT2D eigenvalue weighted by atomic mass is 16.6. The van der Waals surface area contributed by atoms with Gasteiger partial charge in [-0.25, -0.2) is 0 Å². The molecular formula is C63H108O6. The molecule has 0 unspecified atom stereocenters. The molecule has 0 rings (SSSR count). The van der Waals surface area contributed by atoms with Gasteiger partial charge in [0.2, 0.25) is 0 Å². The van der Waals surface area contributed by atoms with E-state index in [1.54, 1.807) is 0 Å². The standard InChI is InChI=1S/C63H108O6/c1-4-7-10-13-16-19-22-25-28-30-31-33-35-38-41-44-47-50-53-56-62(65)68-59-60(58-67-61(64)55-52-49-46-43-40-37-34-27-24-21-18-15-12-9-6-3)69-63(66)57-54-51-48-45-42-39-36-32-29-26-23-20-17-14-11-8-5-2/h9,12,16-21,25-29,34,60H,4-8,10-11,13-15,22-24,30-33,35-59H2,1-3H3/b12-9+,19-16+,20-17+,21-18+,28-25+,29-26+,34-27+/t60-/m1/s1. The van der Waals surface area contributed by atoms with Crippen LogP contribution >= 0.6 is 0 Å². The lowest BCUT2D eigenvalue weighted by Gasteiger charge is -2.18. The van der Waals surface area contributed by atoms with E-state index in [4.69, 9.17) is 14.2 Å². The quantitative estimate of drug-likeness (QED) is 0.0262. The topological polar surface area (TPSA) is 78.9 Å². The minimum Gasteiger partial charge on any atom is -0.462 e. The molecule has 0 aliphatic heterocycles. The molecule has 0 aromatic rings. The summed E-state index contributed by atoms with van der Waals surface area (Å²) in [7, 11) is 0. The summed E-state index contributed by atoms with van der Waals surface area (Å²) in [4.78, 5) is 38.2. The summed E-state index contributed by atoms with van der Waals surface area (Å²) in [6.07, 6.45) is 74.2. The van der Waals surface area contributed by atoms with Crippen LogP contribution in [0, 0.1) is 0 Å². The van der Waals surface area contributed by atoms with Crippen LogP contribution in [0.5, 0.6) is 0 Å². The van der Waals surface area contributed by atoms with Gasteiger partial charge in [-0.15, -0.1) is 0 Å². The van der Waals surface area contributed by atoms with Crippen molar-refractivity contribution in [3.8, 4) is 0 Å². The minimum atomic E-state index is -0.791. The molecule has 0 aromatic heterocycles. The molecule has 396 valence electrons. The van der Waals surface area contributed by atoms with Crippen LogP contribution in [0.3, 0.4) is 0 Å². The summed E-state index contributed by atoms with van der Waals surface area (Å²) in [6.45, 7) is 6.47. The Hall–Kier alpha value is -3.41. The van der Waals surface area contributed by atoms with Gasteiger partial charge in [-0.2, -0.15) is 0 Å². The fourth-order valence-electron chi connectivity index (χ4n) is 7.99. The maximum Gasteiger partial charge on any atom is 0.306 e. The first-order valence-electron chi connectivity index (χ1n) is 29.1. The van der Waals surface area contributed by atoms with Crippen molar-refractivity contribution in [3.05, 3.63) is 85.1 Å². The Morgan fingerprint density at radius 2 is 0.565 bits per heavy atom. The molecule has 0 spiro atoms. The summed E-state index contributed by atoms with van der Waals surface area (Å²) >= 11 is 0. The molecule has 0 heterocycles. The van der Waals surface area contributed by atoms with Crippen molar-refractivity contribution in [2.75, 3.05) is 13.2 Å². The third kappa shape index (κ3) is 55.4. The van der Waals surface area contributed by atoms with Gasteiger partial charge in [-0.3, -0.25) is 14.4 Å². The highest BCUT2D eigenvalue weighted by Gasteiger charge is 2.19. The Kier molecular flexibility index (Phi) is 54.3. The SMILES string of the molecule is CC/C=C/C/C=C/C/C=C/CCCCCCCC(=O)OC[C@H](COC(=O)CCCCCCCCCCC/C=C/C/C=C/CCCCC)OC(=O)CCCCCCCCC/C=C/C/C=C/CCCCC. The highest BCUT2D eigenvalue weighted by Crippen LogP contribution is 2.15. The largest absolute Gasteiger partial charge is 0.462 e. The predicted molar refractivity (Wildman–Crippen MR) is 297 cm³/mol. The van der Waals surface area contributed by atoms with Crippen molar-refractivity contribution in [1.82, 2.24) is 0 Å². The molecule has 6 heteroatoms. The van der Waals surface area contributed by atoms with Gasteiger partial charge in [0.15, 0.2) is 6.10 Å². The van der Waals surface area contributed by atoms with E-state index < -0.39 is 6.10 Å². The number of esters is 3. The molecule has 0 radical (unpaired) electrons. The first-order valence-corrected chi connectivity index (χ1v) is 29.1. The minimum absolute atomic E-state index is 0.0875. The lowest BCUT2D eigenvalue weighted by Crippen LogP contribution is -2.30. The number of rotatable bonds is 52. The Morgan fingerprint density at radius 3 is 0.884 bits per heavy atom. The van der Waals surface area contributed by atoms with Crippen molar-refractivity contribution >= 4 is 17.9 Å². The average Bonchev–Trinajstić information content (AvgIpc) is 3.35. The number of carbonyl (C=O) groups is 3. The van der Waals surface area contributed by atoms with Crippen molar-refractivity contribution in [2.45, 2.75) is 284 Å². The molecule has 1 atom stereocenters. The Balaban J connectivity index is 4.41. The van der Waals surface area contributed by atoms with E-state index in [0.29, 0.717) is 19.3 Å². The molecule has 0 saturated carbocycles. The monoisotopic (exact) mass is 961 g/mol. The van der Waals surface area contributed by atoms with Crippen molar-refractivity contribution in [3.63, 3.8) is 0 Å². The number of ether oxygens (including phenoxy) is 3. The van der Waals surface area contributed by atoms with Gasteiger partial charge < -0.3 is 14.2 Å². The number of carbonyl (C=O) groups excluding carboxylic acids is 3. The molecule has 0 aromatic carbocycles. The molecule has 0 bridgehead atoms. The highest BCUT2D eigenvalue weighted by molar-refractivity contribution is 5.71. The number of hydrogen-bond donors (Lipinski definition) is 0. The van der Waals surface area contributed by atoms with Gasteiger partial charge in [0.05, 0.1) is 0 Å². The fourth-order valence-corrected chi connectivity index (χ4v) is 7.99. The van der Waals surface area contributed by atoms with Gasteiger partial charge in [0, 0.05) is 19.3 Å². The van der Waals surface area contributed by atoms with E-state index in [-0.39, 0.29) is 31.1 Å². The second kappa shape index (κ2) is 57.2. The Bertz CT molecular complexity index is 1330. The molecule has 0 aliphatic rings. The predicted octanol–water partition coefficient (Wildman–Crippen LogP) is 19.5. The molecule has 6 nitrogen and oxygen atoms in total. The van der Waals surface area contributed by atoms with Crippen LogP contribution in [0.4, 0.5) is 0 Å². The zero-order valence-corrected chi connectivity index (χ0v) is 45.3. The maximum absolute atomic E-state index is 12.9. The first kappa shape index (κ1) is 65.6. The smallest absolute Gasteiger partial charge is 0.306 e. The third-order valence-corrected chi connectivity index (χ3v) is 12.4. The second-order valence-corrected chi connectivity index (χ2v) is 19.2. The van der Waals surface area contributed by atoms with Gasteiger partial charge in [0.1, 0.15) is 13.2 Å². The van der Waals surface area contributed by atoms with E-state index >= 15 is 0 Å². The summed E-state index contributed by atoms with van der Waals surface area (Å²) in [5, 5.41) is 0. The van der Waals surface area contributed by atoms with Crippen molar-refractivity contribution in [1.29, 1.82) is 0 Å². The van der Waals surface area contributed by atoms with Crippen LogP contribution in [-0.4, -0.2) is 37.2 Å². The zero-order valence-electron chi connectivity index (χ0n) is 45.3. The van der Waals surface area contributed by atoms with E-state index in [9.17, 15) is 14.4 Å². The van der Waals surface area contributed by atoms with Crippen LogP contribution < -0.4 is 0 Å². The van der Waals surface area contributed by atoms with Crippen LogP contribution in [-0.2, 0) is 28.6 Å². The lowest BCUT2D eigenvalue weighted by atomic mass is 10.1. The molecule has 0 N–H and O–H groups in total. The van der Waals surface area contributed by atoms with Gasteiger partial charge in [-0.05, 0) is 116 Å². The van der Waals surface area contributed by atoms with Crippen LogP contribution in [0.15, 0.2) is 85.1 Å². The summed E-state index contributed by atoms with van der Waals surface area (Å²) in [5.41, 5.74) is 0. The van der Waals surface area contributed by atoms with E-state index in [2.05, 4.69) is 106 Å². The number of unbranched alkanes of at least 4 members (excludes halogenated alkanes) is 27. The lowest BCUT2D eigenvalue weighted by molar-refractivity contribution is -0.167. The molecule has 0 aliphatic carbocycles. The summed E-state index contributed by atoms with van der Waals surface area (Å²) in [6, 6.07) is 0. The van der Waals surface area contributed by atoms with E-state index in [1.165, 1.54) is 122 Å². The normalized spacial score (nSPS) is 12.7. The average molecular weight is 962 g/mol. The van der Waals surface area contributed by atoms with Crippen LogP contribution in [0.1, 0.15) is 278 Å². The van der Waals surface area contributed by atoms with Crippen LogP contribution in [0.25, 0.3) is 0 Å². The zero-order chi connectivity index (χ0) is 50.0. The number of hydrogen-bond acceptors (Lipinski definition) is 6. The van der Waals surface area contributed by atoms with Gasteiger partial charge >= 0.3 is 17.9 Å². The maximum atomic E-state index is 12.9. The molecule has 0 saturated heterocycles. The van der Waals surface area contributed by atoms with Gasteiger partial charge in [-0.1, -0.05) is 228 Å². The summed E-state index contributed by atoms with van der Waals surface area (Å²) < 4.78 is 16.9. The first-order chi connectivity index (χ1) is 34.0. The molecule has 0 fully saturated rings. The van der Waals surface area contributed by atoms with E-state index in [1.807, 2.05) is 0 Å². The number of allylic oxidation sites excluding steroid dienone is 14. The van der Waals surface area contributed by atoms with Crippen molar-refractivity contribution in [2.24, 2.45) is 0 Å². The van der Waals surface area contributed by atoms with E-state index in [0.717, 1.165) is 116 Å². The Labute approximate surface area is 426 Å². The molecular weight excluding hydrogens is 853 g/mol.